The van der Waals surface area contributed by atoms with Crippen molar-refractivity contribution < 1.29 is 5.11 Å². The van der Waals surface area contributed by atoms with Crippen LogP contribution in [0.4, 0.5) is 5.82 Å². The van der Waals surface area contributed by atoms with E-state index in [1.165, 1.54) is 0 Å². The van der Waals surface area contributed by atoms with Gasteiger partial charge in [0.05, 0.1) is 4.99 Å². The van der Waals surface area contributed by atoms with Gasteiger partial charge in [0.25, 0.3) is 0 Å². The van der Waals surface area contributed by atoms with Crippen LogP contribution in [0.3, 0.4) is 0 Å². The topological polar surface area (TPSA) is 62.4 Å². The number of aromatic nitrogens is 1. The van der Waals surface area contributed by atoms with Crippen LogP contribution in [0, 0.1) is 0 Å². The molecule has 0 bridgehead atoms. The Hall–Kier alpha value is -1.88. The number of fused-ring (bicyclic) bond motifs is 1. The lowest BCUT2D eigenvalue weighted by molar-refractivity contribution is 0.476. The average molecular weight is 289 g/mol. The van der Waals surface area contributed by atoms with Gasteiger partial charge in [0.2, 0.25) is 0 Å². The van der Waals surface area contributed by atoms with E-state index in [4.69, 9.17) is 18.0 Å². The summed E-state index contributed by atoms with van der Waals surface area (Å²) < 4.78 is 0. The van der Waals surface area contributed by atoms with Crippen molar-refractivity contribution in [3.05, 3.63) is 30.5 Å². The first-order valence-electron chi connectivity index (χ1n) is 6.61. The molecule has 0 atom stereocenters. The third-order valence-corrected chi connectivity index (χ3v) is 3.43. The minimum absolute atomic E-state index is 0.241. The molecule has 3 N–H and O–H groups in total. The van der Waals surface area contributed by atoms with Crippen molar-refractivity contribution in [3.8, 4) is 5.75 Å². The largest absolute Gasteiger partial charge is 0.508 e. The molecule has 4 nitrogen and oxygen atoms in total. The lowest BCUT2D eigenvalue weighted by Gasteiger charge is -2.28. The zero-order valence-electron chi connectivity index (χ0n) is 11.7. The summed E-state index contributed by atoms with van der Waals surface area (Å²) in [6.07, 6.45) is 2.43. The van der Waals surface area contributed by atoms with E-state index >= 15 is 0 Å². The molecule has 1 aromatic heterocycles. The van der Waals surface area contributed by atoms with E-state index < -0.39 is 0 Å². The van der Waals surface area contributed by atoms with Crippen LogP contribution in [0.1, 0.15) is 20.3 Å². The van der Waals surface area contributed by atoms with Gasteiger partial charge in [0.15, 0.2) is 0 Å². The molecule has 0 saturated carbocycles. The Labute approximate surface area is 124 Å². The quantitative estimate of drug-likeness (QED) is 0.829. The van der Waals surface area contributed by atoms with Gasteiger partial charge in [-0.05, 0) is 37.4 Å². The molecule has 2 rings (SSSR count). The summed E-state index contributed by atoms with van der Waals surface area (Å²) in [5, 5.41) is 11.7. The maximum atomic E-state index is 9.71. The number of nitrogens with zero attached hydrogens (tertiary/aromatic N) is 2. The van der Waals surface area contributed by atoms with Crippen molar-refractivity contribution in [2.45, 2.75) is 26.3 Å². The van der Waals surface area contributed by atoms with E-state index in [-0.39, 0.29) is 11.8 Å². The molecule has 106 valence electrons. The highest BCUT2D eigenvalue weighted by Gasteiger charge is 2.15. The highest BCUT2D eigenvalue weighted by Crippen LogP contribution is 2.28. The predicted molar refractivity (Wildman–Crippen MR) is 87.3 cm³/mol. The van der Waals surface area contributed by atoms with Gasteiger partial charge in [-0.1, -0.05) is 18.3 Å². The van der Waals surface area contributed by atoms with E-state index in [0.717, 1.165) is 23.1 Å². The number of hydrogen-bond acceptors (Lipinski definition) is 4. The molecule has 2 aromatic rings. The standard InChI is InChI=1S/C15H19N3OS/c1-10(2)18(8-6-14(16)20)15-13-9-12(19)4-3-11(13)5-7-17-15/h3-5,7,9-10,19H,6,8H2,1-2H3,(H2,16,20). The number of thiocarbonyl (C=S) groups is 1. The third-order valence-electron chi connectivity index (χ3n) is 3.22. The number of phenols is 1. The van der Waals surface area contributed by atoms with Gasteiger partial charge in [0, 0.05) is 30.6 Å². The summed E-state index contributed by atoms with van der Waals surface area (Å²) in [6, 6.07) is 7.52. The molecule has 1 aromatic carbocycles. The number of benzene rings is 1. The number of rotatable bonds is 5. The summed E-state index contributed by atoms with van der Waals surface area (Å²) in [5.41, 5.74) is 5.60. The van der Waals surface area contributed by atoms with Crippen LogP contribution in [-0.2, 0) is 0 Å². The van der Waals surface area contributed by atoms with E-state index in [2.05, 4.69) is 23.7 Å². The molecule has 0 radical (unpaired) electrons. The van der Waals surface area contributed by atoms with Gasteiger partial charge in [-0.2, -0.15) is 0 Å². The van der Waals surface area contributed by atoms with Crippen molar-refractivity contribution in [2.75, 3.05) is 11.4 Å². The molecule has 0 saturated heterocycles. The first-order valence-corrected chi connectivity index (χ1v) is 7.02. The normalized spacial score (nSPS) is 10.9. The summed E-state index contributed by atoms with van der Waals surface area (Å²) in [6.45, 7) is 4.92. The first-order chi connectivity index (χ1) is 9.49. The molecular formula is C15H19N3OS. The Kier molecular flexibility index (Phi) is 4.39. The predicted octanol–water partition coefficient (Wildman–Crippen LogP) is 2.83. The average Bonchev–Trinajstić information content (AvgIpc) is 2.38. The van der Waals surface area contributed by atoms with Gasteiger partial charge in [-0.3, -0.25) is 0 Å². The number of nitrogens with two attached hydrogens (primary N) is 1. The zero-order chi connectivity index (χ0) is 14.7. The summed E-state index contributed by atoms with van der Waals surface area (Å²) in [5.74, 6) is 1.09. The Balaban J connectivity index is 2.47. The van der Waals surface area contributed by atoms with Gasteiger partial charge in [-0.15, -0.1) is 0 Å². The fraction of sp³-hybridized carbons (Fsp3) is 0.333. The van der Waals surface area contributed by atoms with Gasteiger partial charge in [0.1, 0.15) is 11.6 Å². The molecule has 1 heterocycles. The van der Waals surface area contributed by atoms with Crippen molar-refractivity contribution in [1.82, 2.24) is 4.98 Å². The molecule has 0 aliphatic heterocycles. The van der Waals surface area contributed by atoms with E-state index in [0.29, 0.717) is 11.4 Å². The smallest absolute Gasteiger partial charge is 0.136 e. The fourth-order valence-corrected chi connectivity index (χ4v) is 2.30. The number of aromatic hydroxyl groups is 1. The molecule has 0 fully saturated rings. The number of hydrogen-bond donors (Lipinski definition) is 2. The van der Waals surface area contributed by atoms with Crippen molar-refractivity contribution in [2.24, 2.45) is 5.73 Å². The second-order valence-corrected chi connectivity index (χ2v) is 5.57. The molecule has 0 aliphatic rings. The van der Waals surface area contributed by atoms with Gasteiger partial charge in [-0.25, -0.2) is 4.98 Å². The van der Waals surface area contributed by atoms with Crippen molar-refractivity contribution in [3.63, 3.8) is 0 Å². The van der Waals surface area contributed by atoms with Crippen LogP contribution in [-0.4, -0.2) is 27.7 Å². The maximum absolute atomic E-state index is 9.71. The maximum Gasteiger partial charge on any atom is 0.136 e. The van der Waals surface area contributed by atoms with Crippen LogP contribution in [0.25, 0.3) is 10.8 Å². The first kappa shape index (κ1) is 14.5. The molecular weight excluding hydrogens is 270 g/mol. The lowest BCUT2D eigenvalue weighted by Crippen LogP contribution is -2.34. The van der Waals surface area contributed by atoms with E-state index in [1.807, 2.05) is 12.1 Å². The molecule has 0 spiro atoms. The van der Waals surface area contributed by atoms with Crippen LogP contribution in [0.5, 0.6) is 5.75 Å². The number of phenolic OH excluding ortho intramolecular Hbond substituents is 1. The summed E-state index contributed by atoms with van der Waals surface area (Å²) >= 11 is 4.96. The second kappa shape index (κ2) is 6.05. The van der Waals surface area contributed by atoms with Crippen LogP contribution in [0.15, 0.2) is 30.5 Å². The lowest BCUT2D eigenvalue weighted by atomic mass is 10.1. The van der Waals surface area contributed by atoms with Crippen LogP contribution in [0.2, 0.25) is 0 Å². The van der Waals surface area contributed by atoms with Crippen LogP contribution < -0.4 is 10.6 Å². The molecule has 0 unspecified atom stereocenters. The monoisotopic (exact) mass is 289 g/mol. The van der Waals surface area contributed by atoms with Crippen molar-refractivity contribution >= 4 is 33.8 Å². The minimum Gasteiger partial charge on any atom is -0.508 e. The highest BCUT2D eigenvalue weighted by molar-refractivity contribution is 7.80. The Bertz CT molecular complexity index is 628. The SMILES string of the molecule is CC(C)N(CCC(N)=S)c1nccc2ccc(O)cc12. The summed E-state index contributed by atoms with van der Waals surface area (Å²) in [4.78, 5) is 7.13. The van der Waals surface area contributed by atoms with Crippen LogP contribution >= 0.6 is 12.2 Å². The van der Waals surface area contributed by atoms with Crippen molar-refractivity contribution in [1.29, 1.82) is 0 Å². The minimum atomic E-state index is 0.241. The molecule has 20 heavy (non-hydrogen) atoms. The Morgan fingerprint density at radius 1 is 1.40 bits per heavy atom. The fourth-order valence-electron chi connectivity index (χ4n) is 2.21. The summed E-state index contributed by atoms with van der Waals surface area (Å²) in [7, 11) is 0. The number of anilines is 1. The number of pyridine rings is 1. The molecule has 5 heteroatoms. The molecule has 0 amide bonds. The van der Waals surface area contributed by atoms with E-state index in [9.17, 15) is 5.11 Å². The molecule has 0 aliphatic carbocycles. The Morgan fingerprint density at radius 3 is 2.80 bits per heavy atom. The zero-order valence-corrected chi connectivity index (χ0v) is 12.5. The third kappa shape index (κ3) is 3.17. The highest BCUT2D eigenvalue weighted by atomic mass is 32.1. The van der Waals surface area contributed by atoms with E-state index in [1.54, 1.807) is 18.3 Å². The second-order valence-electron chi connectivity index (χ2n) is 5.04. The Morgan fingerprint density at radius 2 is 2.15 bits per heavy atom. The van der Waals surface area contributed by atoms with Gasteiger partial charge < -0.3 is 15.7 Å². The van der Waals surface area contributed by atoms with Gasteiger partial charge >= 0.3 is 0 Å².